The summed E-state index contributed by atoms with van der Waals surface area (Å²) in [4.78, 5) is 0. The molecule has 0 amide bonds. The summed E-state index contributed by atoms with van der Waals surface area (Å²) < 4.78 is 1.94. The van der Waals surface area contributed by atoms with E-state index in [1.807, 2.05) is 18.2 Å². The van der Waals surface area contributed by atoms with Crippen LogP contribution in [0.5, 0.6) is 0 Å². The van der Waals surface area contributed by atoms with Gasteiger partial charge in [-0.05, 0) is 0 Å². The van der Waals surface area contributed by atoms with Crippen LogP contribution in [0, 0.1) is 0 Å². The van der Waals surface area contributed by atoms with Crippen molar-refractivity contribution in [2.45, 2.75) is 0 Å². The molecule has 0 heterocycles. The van der Waals surface area contributed by atoms with E-state index in [1.165, 1.54) is 4.35 Å². The Hall–Kier alpha value is 0.158. The van der Waals surface area contributed by atoms with Gasteiger partial charge in [0.2, 0.25) is 0 Å². The van der Waals surface area contributed by atoms with Crippen molar-refractivity contribution in [3.63, 3.8) is 0 Å². The molecule has 0 aliphatic carbocycles. The Morgan fingerprint density at radius 1 is 1.30 bits per heavy atom. The van der Waals surface area contributed by atoms with E-state index >= 15 is 0 Å². The van der Waals surface area contributed by atoms with Crippen molar-refractivity contribution in [1.29, 1.82) is 0 Å². The molecule has 1 rings (SSSR count). The van der Waals surface area contributed by atoms with Crippen LogP contribution in [-0.2, 0) is 0 Å². The van der Waals surface area contributed by atoms with Crippen molar-refractivity contribution in [2.75, 3.05) is 0 Å². The molecule has 0 saturated carbocycles. The summed E-state index contributed by atoms with van der Waals surface area (Å²) in [6.07, 6.45) is 0. The molecule has 1 aromatic rings. The number of halogens is 1. The molecule has 0 spiro atoms. The van der Waals surface area contributed by atoms with E-state index in [0.717, 1.165) is 0 Å². The first-order valence-electron chi connectivity index (χ1n) is 2.80. The van der Waals surface area contributed by atoms with E-state index in [1.54, 1.807) is 0 Å². The van der Waals surface area contributed by atoms with Crippen LogP contribution in [0.2, 0.25) is 0 Å². The number of hydrogen-bond acceptors (Lipinski definition) is 1. The van der Waals surface area contributed by atoms with Crippen molar-refractivity contribution in [3.05, 3.63) is 30.3 Å². The van der Waals surface area contributed by atoms with Gasteiger partial charge in [-0.15, -0.1) is 0 Å². The van der Waals surface area contributed by atoms with Gasteiger partial charge in [0.1, 0.15) is 0 Å². The molecule has 1 aromatic carbocycles. The predicted molar refractivity (Wildman–Crippen MR) is 51.7 cm³/mol. The third-order valence-corrected chi connectivity index (χ3v) is 3.76. The topological polar surface area (TPSA) is 0 Å². The first kappa shape index (κ1) is 8.26. The Labute approximate surface area is 77.3 Å². The fourth-order valence-electron chi connectivity index (χ4n) is 0.635. The van der Waals surface area contributed by atoms with Crippen molar-refractivity contribution < 1.29 is 0 Å². The summed E-state index contributed by atoms with van der Waals surface area (Å²) in [5.41, 5.74) is 0. The molecular weight excluding hydrogens is 227 g/mol. The molecule has 0 aliphatic rings. The summed E-state index contributed by atoms with van der Waals surface area (Å²) in [5.74, 6) is 0. The van der Waals surface area contributed by atoms with Gasteiger partial charge in [-0.2, -0.15) is 0 Å². The maximum atomic E-state index is 5.60. The third kappa shape index (κ3) is 2.83. The summed E-state index contributed by atoms with van der Waals surface area (Å²) in [7, 11) is 0. The van der Waals surface area contributed by atoms with E-state index in [9.17, 15) is 0 Å². The van der Waals surface area contributed by atoms with Crippen LogP contribution >= 0.6 is 23.8 Å². The van der Waals surface area contributed by atoms with Gasteiger partial charge in [-0.1, -0.05) is 0 Å². The Balaban J connectivity index is 2.67. The summed E-state index contributed by atoms with van der Waals surface area (Å²) in [6.45, 7) is 0. The molecule has 0 N–H and O–H groups in total. The average Bonchev–Trinajstić information content (AvgIpc) is 1.88. The average molecular weight is 233 g/mol. The number of thiocarbonyl (C=S) groups is 1. The van der Waals surface area contributed by atoms with Gasteiger partial charge in [0.15, 0.2) is 0 Å². The molecule has 52 valence electrons. The van der Waals surface area contributed by atoms with Crippen molar-refractivity contribution in [1.82, 2.24) is 0 Å². The van der Waals surface area contributed by atoms with Crippen molar-refractivity contribution in [3.8, 4) is 0 Å². The summed E-state index contributed by atoms with van der Waals surface area (Å²) >= 11 is 10.0. The Bertz CT molecular complexity index is 222. The van der Waals surface area contributed by atoms with Gasteiger partial charge in [-0.3, -0.25) is 0 Å². The van der Waals surface area contributed by atoms with Crippen molar-refractivity contribution in [2.24, 2.45) is 0 Å². The van der Waals surface area contributed by atoms with Crippen LogP contribution in [0.25, 0.3) is 0 Å². The molecule has 1 unspecified atom stereocenters. The quantitative estimate of drug-likeness (QED) is 0.420. The Morgan fingerprint density at radius 2 is 1.90 bits per heavy atom. The molecule has 0 aromatic heterocycles. The number of benzene rings is 1. The van der Waals surface area contributed by atoms with Crippen LogP contribution in [0.3, 0.4) is 0 Å². The zero-order valence-electron chi connectivity index (χ0n) is 5.17. The maximum absolute atomic E-state index is 5.60. The van der Waals surface area contributed by atoms with Gasteiger partial charge in [0.25, 0.3) is 0 Å². The second-order valence-electron chi connectivity index (χ2n) is 1.76. The van der Waals surface area contributed by atoms with Crippen LogP contribution in [0.4, 0.5) is 0 Å². The fourth-order valence-corrected chi connectivity index (χ4v) is 3.04. The molecule has 0 aliphatic heterocycles. The third-order valence-electron chi connectivity index (χ3n) is 1.02. The van der Waals surface area contributed by atoms with Crippen molar-refractivity contribution >= 4 is 47.0 Å². The minimum atomic E-state index is -0.363. The normalized spacial score (nSPS) is 10.5. The fraction of sp³-hybridized carbons (Fsp3) is 0. The predicted octanol–water partition coefficient (Wildman–Crippen LogP) is 1.27. The number of rotatable bonds is 2. The standard InChI is InChI=1S/C7H6AsClS/c9-7(10)8-6-4-2-1-3-5-6/h1-5,8H. The second kappa shape index (κ2) is 4.12. The first-order valence-corrected chi connectivity index (χ1v) is 5.69. The summed E-state index contributed by atoms with van der Waals surface area (Å²) in [6, 6.07) is 10.1. The van der Waals surface area contributed by atoms with Crippen LogP contribution < -0.4 is 4.35 Å². The zero-order chi connectivity index (χ0) is 7.40. The molecule has 0 nitrogen and oxygen atoms in total. The SMILES string of the molecule is S=C(Cl)[AsH]c1ccccc1. The van der Waals surface area contributed by atoms with Gasteiger partial charge >= 0.3 is 77.4 Å². The van der Waals surface area contributed by atoms with E-state index in [0.29, 0.717) is 3.11 Å². The summed E-state index contributed by atoms with van der Waals surface area (Å²) in [5, 5.41) is 0. The molecule has 10 heavy (non-hydrogen) atoms. The molecular formula is C7H6AsClS. The van der Waals surface area contributed by atoms with Crippen LogP contribution in [0.1, 0.15) is 0 Å². The van der Waals surface area contributed by atoms with Gasteiger partial charge in [0.05, 0.1) is 0 Å². The van der Waals surface area contributed by atoms with Gasteiger partial charge in [0, 0.05) is 0 Å². The monoisotopic (exact) mass is 232 g/mol. The molecule has 0 fully saturated rings. The van der Waals surface area contributed by atoms with E-state index < -0.39 is 0 Å². The Kier molecular flexibility index (Phi) is 3.40. The number of hydrogen-bond donors (Lipinski definition) is 0. The zero-order valence-corrected chi connectivity index (χ0v) is 8.84. The molecule has 0 bridgehead atoms. The van der Waals surface area contributed by atoms with Crippen LogP contribution in [-0.4, -0.2) is 18.9 Å². The minimum absolute atomic E-state index is 0.363. The second-order valence-corrected chi connectivity index (χ2v) is 6.99. The first-order chi connectivity index (χ1) is 4.79. The van der Waals surface area contributed by atoms with Crippen LogP contribution in [0.15, 0.2) is 30.3 Å². The molecule has 3 heteroatoms. The Morgan fingerprint density at radius 3 is 2.40 bits per heavy atom. The molecule has 0 saturated heterocycles. The molecule has 1 atom stereocenters. The van der Waals surface area contributed by atoms with E-state index in [4.69, 9.17) is 23.8 Å². The van der Waals surface area contributed by atoms with Gasteiger partial charge in [-0.25, -0.2) is 0 Å². The van der Waals surface area contributed by atoms with E-state index in [-0.39, 0.29) is 15.8 Å². The van der Waals surface area contributed by atoms with E-state index in [2.05, 4.69) is 12.1 Å². The van der Waals surface area contributed by atoms with Gasteiger partial charge < -0.3 is 0 Å². The molecule has 0 radical (unpaired) electrons.